The van der Waals surface area contributed by atoms with Gasteiger partial charge in [0.25, 0.3) is 0 Å². The van der Waals surface area contributed by atoms with Crippen LogP contribution < -0.4 is 10.2 Å². The number of hydrogen-bond donors (Lipinski definition) is 2. The van der Waals surface area contributed by atoms with E-state index in [1.807, 2.05) is 19.1 Å². The average molecular weight is 403 g/mol. The lowest BCUT2D eigenvalue weighted by Crippen LogP contribution is -2.31. The maximum atomic E-state index is 9.87. The Morgan fingerprint density at radius 2 is 1.80 bits per heavy atom. The lowest BCUT2D eigenvalue weighted by atomic mass is 9.96. The first-order valence-corrected chi connectivity index (χ1v) is 10.7. The highest BCUT2D eigenvalue weighted by Gasteiger charge is 2.20. The summed E-state index contributed by atoms with van der Waals surface area (Å²) in [6.45, 7) is 8.53. The van der Waals surface area contributed by atoms with Crippen molar-refractivity contribution in [1.82, 2.24) is 9.97 Å². The topological polar surface area (TPSA) is 61.3 Å². The summed E-state index contributed by atoms with van der Waals surface area (Å²) in [5.74, 6) is 2.95. The van der Waals surface area contributed by atoms with Gasteiger partial charge in [0, 0.05) is 31.6 Å². The molecule has 4 rings (SSSR count). The molecule has 0 bridgehead atoms. The summed E-state index contributed by atoms with van der Waals surface area (Å²) in [5.41, 5.74) is 4.84. The fourth-order valence-corrected chi connectivity index (χ4v) is 3.78. The standard InChI is InChI=1S/C25H30N4O/c1-17(2)25-27-23(26-15-19-7-5-4-6-8-19)14-24(28-25)29-12-11-21-13-20(18(3)30)9-10-22(21)16-29/h4-10,13-14,17-18,30H,11-12,15-16H2,1-3H3,(H,26,27,28)/t18-/m1/s1. The number of aliphatic hydroxyl groups excluding tert-OH is 1. The molecule has 1 aliphatic heterocycles. The van der Waals surface area contributed by atoms with Gasteiger partial charge in [0.1, 0.15) is 17.5 Å². The van der Waals surface area contributed by atoms with E-state index in [9.17, 15) is 5.11 Å². The monoisotopic (exact) mass is 402 g/mol. The molecule has 0 spiro atoms. The van der Waals surface area contributed by atoms with Gasteiger partial charge in [-0.3, -0.25) is 0 Å². The van der Waals surface area contributed by atoms with Crippen LogP contribution in [0.3, 0.4) is 0 Å². The third-order valence-corrected chi connectivity index (χ3v) is 5.61. The van der Waals surface area contributed by atoms with E-state index in [4.69, 9.17) is 9.97 Å². The smallest absolute Gasteiger partial charge is 0.135 e. The quantitative estimate of drug-likeness (QED) is 0.618. The van der Waals surface area contributed by atoms with Crippen molar-refractivity contribution < 1.29 is 5.11 Å². The number of benzene rings is 2. The number of anilines is 2. The molecule has 0 saturated carbocycles. The molecule has 5 nitrogen and oxygen atoms in total. The zero-order chi connectivity index (χ0) is 21.1. The van der Waals surface area contributed by atoms with Gasteiger partial charge in [0.05, 0.1) is 6.10 Å². The van der Waals surface area contributed by atoms with E-state index in [-0.39, 0.29) is 5.92 Å². The molecular formula is C25H30N4O. The Morgan fingerprint density at radius 1 is 1.00 bits per heavy atom. The average Bonchev–Trinajstić information content (AvgIpc) is 2.77. The van der Waals surface area contributed by atoms with Crippen molar-refractivity contribution in [1.29, 1.82) is 0 Å². The van der Waals surface area contributed by atoms with Crippen LogP contribution in [0, 0.1) is 0 Å². The van der Waals surface area contributed by atoms with Crippen LogP contribution in [0.5, 0.6) is 0 Å². The number of aromatic nitrogens is 2. The third-order valence-electron chi connectivity index (χ3n) is 5.61. The maximum Gasteiger partial charge on any atom is 0.135 e. The van der Waals surface area contributed by atoms with Gasteiger partial charge in [0.15, 0.2) is 0 Å². The summed E-state index contributed by atoms with van der Waals surface area (Å²) >= 11 is 0. The highest BCUT2D eigenvalue weighted by atomic mass is 16.3. The summed E-state index contributed by atoms with van der Waals surface area (Å²) in [4.78, 5) is 11.9. The first kappa shape index (κ1) is 20.4. The van der Waals surface area contributed by atoms with E-state index in [2.05, 4.69) is 66.5 Å². The van der Waals surface area contributed by atoms with Gasteiger partial charge in [0.2, 0.25) is 0 Å². The maximum absolute atomic E-state index is 9.87. The van der Waals surface area contributed by atoms with Crippen molar-refractivity contribution in [3.05, 3.63) is 82.7 Å². The van der Waals surface area contributed by atoms with Crippen LogP contribution in [0.15, 0.2) is 54.6 Å². The van der Waals surface area contributed by atoms with E-state index in [0.717, 1.165) is 49.1 Å². The van der Waals surface area contributed by atoms with E-state index in [0.29, 0.717) is 0 Å². The van der Waals surface area contributed by atoms with Gasteiger partial charge >= 0.3 is 0 Å². The molecule has 0 unspecified atom stereocenters. The minimum absolute atomic E-state index is 0.257. The minimum Gasteiger partial charge on any atom is -0.389 e. The second kappa shape index (κ2) is 8.84. The Bertz CT molecular complexity index is 1000. The Morgan fingerprint density at radius 3 is 2.53 bits per heavy atom. The molecule has 1 aliphatic rings. The van der Waals surface area contributed by atoms with Crippen LogP contribution in [-0.2, 0) is 19.5 Å². The normalized spacial score (nSPS) is 14.5. The van der Waals surface area contributed by atoms with Gasteiger partial charge < -0.3 is 15.3 Å². The fourth-order valence-electron chi connectivity index (χ4n) is 3.78. The Hall–Kier alpha value is -2.92. The van der Waals surface area contributed by atoms with Crippen molar-refractivity contribution >= 4 is 11.6 Å². The zero-order valence-electron chi connectivity index (χ0n) is 18.0. The van der Waals surface area contributed by atoms with Crippen molar-refractivity contribution in [2.45, 2.75) is 52.3 Å². The van der Waals surface area contributed by atoms with E-state index in [1.165, 1.54) is 16.7 Å². The summed E-state index contributed by atoms with van der Waals surface area (Å²) in [7, 11) is 0. The molecule has 2 N–H and O–H groups in total. The predicted molar refractivity (Wildman–Crippen MR) is 122 cm³/mol. The van der Waals surface area contributed by atoms with Gasteiger partial charge in [-0.25, -0.2) is 9.97 Å². The zero-order valence-corrected chi connectivity index (χ0v) is 18.0. The summed E-state index contributed by atoms with van der Waals surface area (Å²) in [6.07, 6.45) is 0.519. The van der Waals surface area contributed by atoms with Crippen LogP contribution in [0.2, 0.25) is 0 Å². The fraction of sp³-hybridized carbons (Fsp3) is 0.360. The highest BCUT2D eigenvalue weighted by Crippen LogP contribution is 2.28. The molecule has 2 heterocycles. The van der Waals surface area contributed by atoms with E-state index in [1.54, 1.807) is 0 Å². The molecule has 3 aromatic rings. The summed E-state index contributed by atoms with van der Waals surface area (Å²) in [5, 5.41) is 13.3. The number of fused-ring (bicyclic) bond motifs is 1. The van der Waals surface area contributed by atoms with Crippen molar-refractivity contribution in [3.8, 4) is 0 Å². The van der Waals surface area contributed by atoms with Crippen LogP contribution in [-0.4, -0.2) is 21.6 Å². The molecular weight excluding hydrogens is 372 g/mol. The van der Waals surface area contributed by atoms with Crippen LogP contribution >= 0.6 is 0 Å². The molecule has 2 aromatic carbocycles. The molecule has 5 heteroatoms. The second-order valence-corrected chi connectivity index (χ2v) is 8.34. The molecule has 1 atom stereocenters. The molecule has 30 heavy (non-hydrogen) atoms. The van der Waals surface area contributed by atoms with Gasteiger partial charge in [-0.05, 0) is 35.6 Å². The molecule has 0 aliphatic carbocycles. The number of hydrogen-bond acceptors (Lipinski definition) is 5. The molecule has 156 valence electrons. The molecule has 1 aromatic heterocycles. The van der Waals surface area contributed by atoms with Crippen LogP contribution in [0.4, 0.5) is 11.6 Å². The van der Waals surface area contributed by atoms with Gasteiger partial charge in [-0.15, -0.1) is 0 Å². The lowest BCUT2D eigenvalue weighted by molar-refractivity contribution is 0.199. The number of rotatable bonds is 6. The number of nitrogens with zero attached hydrogens (tertiary/aromatic N) is 3. The minimum atomic E-state index is -0.429. The van der Waals surface area contributed by atoms with Crippen molar-refractivity contribution in [2.75, 3.05) is 16.8 Å². The van der Waals surface area contributed by atoms with Crippen molar-refractivity contribution in [2.24, 2.45) is 0 Å². The van der Waals surface area contributed by atoms with Gasteiger partial charge in [-0.2, -0.15) is 0 Å². The van der Waals surface area contributed by atoms with E-state index >= 15 is 0 Å². The number of aliphatic hydroxyl groups is 1. The molecule has 0 amide bonds. The second-order valence-electron chi connectivity index (χ2n) is 8.34. The van der Waals surface area contributed by atoms with Crippen LogP contribution in [0.25, 0.3) is 0 Å². The Kier molecular flexibility index (Phi) is 6.00. The first-order valence-electron chi connectivity index (χ1n) is 10.7. The van der Waals surface area contributed by atoms with E-state index < -0.39 is 6.10 Å². The molecule has 0 radical (unpaired) electrons. The largest absolute Gasteiger partial charge is 0.389 e. The number of nitrogens with one attached hydrogen (secondary N) is 1. The summed E-state index contributed by atoms with van der Waals surface area (Å²) in [6, 6.07) is 18.7. The third kappa shape index (κ3) is 4.62. The molecule has 0 fully saturated rings. The SMILES string of the molecule is CC(C)c1nc(NCc2ccccc2)cc(N2CCc3cc([C@@H](C)O)ccc3C2)n1. The van der Waals surface area contributed by atoms with Crippen molar-refractivity contribution in [3.63, 3.8) is 0 Å². The molecule has 0 saturated heterocycles. The van der Waals surface area contributed by atoms with Gasteiger partial charge in [-0.1, -0.05) is 62.4 Å². The predicted octanol–water partition coefficient (Wildman–Crippen LogP) is 4.83. The highest BCUT2D eigenvalue weighted by molar-refractivity contribution is 5.52. The Balaban J connectivity index is 1.56. The summed E-state index contributed by atoms with van der Waals surface area (Å²) < 4.78 is 0. The first-order chi connectivity index (χ1) is 14.5. The Labute approximate surface area is 178 Å². The lowest BCUT2D eigenvalue weighted by Gasteiger charge is -2.31. The van der Waals surface area contributed by atoms with Crippen LogP contribution in [0.1, 0.15) is 60.9 Å².